The quantitative estimate of drug-likeness (QED) is 0.850. The molecule has 20 heavy (non-hydrogen) atoms. The molecule has 1 aromatic carbocycles. The van der Waals surface area contributed by atoms with Gasteiger partial charge in [0, 0.05) is 17.7 Å². The maximum absolute atomic E-state index is 10.2. The van der Waals surface area contributed by atoms with E-state index in [0.29, 0.717) is 0 Å². The Balaban J connectivity index is 2.55. The average molecular weight is 272 g/mol. The number of aromatic hydroxyl groups is 1. The van der Waals surface area contributed by atoms with Gasteiger partial charge in [0.15, 0.2) is 0 Å². The smallest absolute Gasteiger partial charge is 0.234 e. The first-order valence-corrected chi connectivity index (χ1v) is 7.53. The number of hydrogen-bond acceptors (Lipinski definition) is 2. The van der Waals surface area contributed by atoms with Gasteiger partial charge in [0.25, 0.3) is 0 Å². The predicted octanol–water partition coefficient (Wildman–Crippen LogP) is 4.32. The van der Waals surface area contributed by atoms with Crippen LogP contribution in [0.1, 0.15) is 44.2 Å². The summed E-state index contributed by atoms with van der Waals surface area (Å²) in [4.78, 5) is 0. The first kappa shape index (κ1) is 14.6. The van der Waals surface area contributed by atoms with E-state index in [-0.39, 0.29) is 5.88 Å². The molecular weight excluding hydrogens is 248 g/mol. The molecule has 1 heterocycles. The van der Waals surface area contributed by atoms with Crippen LogP contribution in [-0.4, -0.2) is 14.9 Å². The third kappa shape index (κ3) is 2.87. The van der Waals surface area contributed by atoms with Crippen LogP contribution in [0.5, 0.6) is 5.88 Å². The number of aryl methyl sites for hydroxylation is 2. The summed E-state index contributed by atoms with van der Waals surface area (Å²) in [5.41, 5.74) is 4.49. The van der Waals surface area contributed by atoms with Crippen molar-refractivity contribution in [1.82, 2.24) is 9.78 Å². The largest absolute Gasteiger partial charge is 0.492 e. The highest BCUT2D eigenvalue weighted by Crippen LogP contribution is 2.33. The maximum Gasteiger partial charge on any atom is 0.234 e. The highest BCUT2D eigenvalue weighted by atomic mass is 16.3. The maximum atomic E-state index is 10.2. The lowest BCUT2D eigenvalue weighted by molar-refractivity contribution is 0.431. The molecule has 3 nitrogen and oxygen atoms in total. The second-order valence-corrected chi connectivity index (χ2v) is 5.29. The van der Waals surface area contributed by atoms with Gasteiger partial charge >= 0.3 is 0 Å². The van der Waals surface area contributed by atoms with Gasteiger partial charge in [0.2, 0.25) is 5.88 Å². The lowest BCUT2D eigenvalue weighted by Gasteiger charge is -2.11. The lowest BCUT2D eigenvalue weighted by atomic mass is 9.99. The zero-order valence-corrected chi connectivity index (χ0v) is 12.7. The van der Waals surface area contributed by atoms with Gasteiger partial charge in [-0.3, -0.25) is 4.68 Å². The van der Waals surface area contributed by atoms with Crippen molar-refractivity contribution in [3.63, 3.8) is 0 Å². The van der Waals surface area contributed by atoms with Crippen molar-refractivity contribution in [2.45, 2.75) is 53.0 Å². The monoisotopic (exact) mass is 272 g/mol. The molecular formula is C17H24N2O. The van der Waals surface area contributed by atoms with Crippen molar-refractivity contribution in [2.24, 2.45) is 0 Å². The molecule has 0 spiro atoms. The molecule has 0 radical (unpaired) electrons. The van der Waals surface area contributed by atoms with E-state index in [1.54, 1.807) is 0 Å². The number of benzene rings is 1. The van der Waals surface area contributed by atoms with Crippen LogP contribution in [0, 0.1) is 6.92 Å². The van der Waals surface area contributed by atoms with E-state index in [0.717, 1.165) is 43.5 Å². The summed E-state index contributed by atoms with van der Waals surface area (Å²) in [6.45, 7) is 7.25. The zero-order chi connectivity index (χ0) is 14.5. The minimum absolute atomic E-state index is 0.199. The predicted molar refractivity (Wildman–Crippen MR) is 83.0 cm³/mol. The summed E-state index contributed by atoms with van der Waals surface area (Å²) in [6.07, 6.45) is 4.08. The molecule has 0 aliphatic carbocycles. The molecule has 3 heteroatoms. The molecule has 0 atom stereocenters. The molecule has 0 amide bonds. The Hall–Kier alpha value is -1.77. The van der Waals surface area contributed by atoms with Gasteiger partial charge in [0.05, 0.1) is 5.69 Å². The Bertz CT molecular complexity index is 572. The molecule has 0 aliphatic heterocycles. The summed E-state index contributed by atoms with van der Waals surface area (Å²) >= 11 is 0. The van der Waals surface area contributed by atoms with E-state index in [1.165, 1.54) is 11.1 Å². The number of hydrogen-bond donors (Lipinski definition) is 1. The van der Waals surface area contributed by atoms with Crippen molar-refractivity contribution in [1.29, 1.82) is 0 Å². The Kier molecular flexibility index (Phi) is 4.83. The highest BCUT2D eigenvalue weighted by Gasteiger charge is 2.19. The molecule has 2 rings (SSSR count). The fraction of sp³-hybridized carbons (Fsp3) is 0.471. The van der Waals surface area contributed by atoms with Crippen LogP contribution in [0.3, 0.4) is 0 Å². The van der Waals surface area contributed by atoms with Gasteiger partial charge in [0.1, 0.15) is 0 Å². The van der Waals surface area contributed by atoms with Crippen LogP contribution >= 0.6 is 0 Å². The molecule has 0 unspecified atom stereocenters. The SMILES string of the molecule is CCCCc1c(O)nn(CCC)c1-c1ccccc1C. The van der Waals surface area contributed by atoms with E-state index < -0.39 is 0 Å². The Morgan fingerprint density at radius 2 is 1.90 bits per heavy atom. The van der Waals surface area contributed by atoms with Crippen LogP contribution in [0.2, 0.25) is 0 Å². The normalized spacial score (nSPS) is 10.9. The number of rotatable bonds is 6. The summed E-state index contributed by atoms with van der Waals surface area (Å²) in [6, 6.07) is 8.32. The molecule has 1 N–H and O–H groups in total. The van der Waals surface area contributed by atoms with E-state index in [1.807, 2.05) is 16.8 Å². The van der Waals surface area contributed by atoms with Crippen molar-refractivity contribution >= 4 is 0 Å². The lowest BCUT2D eigenvalue weighted by Crippen LogP contribution is -2.03. The van der Waals surface area contributed by atoms with Gasteiger partial charge in [-0.1, -0.05) is 44.5 Å². The van der Waals surface area contributed by atoms with Crippen LogP contribution in [-0.2, 0) is 13.0 Å². The zero-order valence-electron chi connectivity index (χ0n) is 12.7. The van der Waals surface area contributed by atoms with Gasteiger partial charge in [-0.2, -0.15) is 0 Å². The number of aromatic nitrogens is 2. The second-order valence-electron chi connectivity index (χ2n) is 5.29. The van der Waals surface area contributed by atoms with Crippen molar-refractivity contribution in [2.75, 3.05) is 0 Å². The number of nitrogens with zero attached hydrogens (tertiary/aromatic N) is 2. The topological polar surface area (TPSA) is 38.1 Å². The van der Waals surface area contributed by atoms with E-state index in [9.17, 15) is 5.11 Å². The summed E-state index contributed by atoms with van der Waals surface area (Å²) in [5.74, 6) is 0.199. The Morgan fingerprint density at radius 3 is 2.55 bits per heavy atom. The molecule has 0 bridgehead atoms. The molecule has 108 valence electrons. The highest BCUT2D eigenvalue weighted by molar-refractivity contribution is 5.69. The van der Waals surface area contributed by atoms with Crippen LogP contribution in [0.4, 0.5) is 0 Å². The van der Waals surface area contributed by atoms with E-state index >= 15 is 0 Å². The van der Waals surface area contributed by atoms with E-state index in [4.69, 9.17) is 0 Å². The fourth-order valence-electron chi connectivity index (χ4n) is 2.58. The van der Waals surface area contributed by atoms with Crippen LogP contribution < -0.4 is 0 Å². The number of unbranched alkanes of at least 4 members (excludes halogenated alkanes) is 1. The third-order valence-electron chi connectivity index (χ3n) is 3.65. The summed E-state index contributed by atoms with van der Waals surface area (Å²) in [5, 5.41) is 14.5. The first-order chi connectivity index (χ1) is 9.69. The van der Waals surface area contributed by atoms with Crippen molar-refractivity contribution in [3.05, 3.63) is 35.4 Å². The molecule has 1 aromatic heterocycles. The Morgan fingerprint density at radius 1 is 1.15 bits per heavy atom. The molecule has 0 fully saturated rings. The van der Waals surface area contributed by atoms with Crippen molar-refractivity contribution < 1.29 is 5.11 Å². The van der Waals surface area contributed by atoms with E-state index in [2.05, 4.69) is 38.0 Å². The molecule has 0 saturated heterocycles. The van der Waals surface area contributed by atoms with Gasteiger partial charge < -0.3 is 5.11 Å². The Labute approximate surface area is 121 Å². The van der Waals surface area contributed by atoms with Gasteiger partial charge in [-0.25, -0.2) is 0 Å². The minimum atomic E-state index is 0.199. The average Bonchev–Trinajstić information content (AvgIpc) is 2.73. The van der Waals surface area contributed by atoms with Crippen molar-refractivity contribution in [3.8, 4) is 17.1 Å². The summed E-state index contributed by atoms with van der Waals surface area (Å²) < 4.78 is 1.96. The van der Waals surface area contributed by atoms with Crippen LogP contribution in [0.15, 0.2) is 24.3 Å². The summed E-state index contributed by atoms with van der Waals surface area (Å²) in [7, 11) is 0. The molecule has 2 aromatic rings. The molecule has 0 aliphatic rings. The first-order valence-electron chi connectivity index (χ1n) is 7.53. The second kappa shape index (κ2) is 6.60. The van der Waals surface area contributed by atoms with Gasteiger partial charge in [-0.15, -0.1) is 5.10 Å². The standard InChI is InChI=1S/C17H24N2O/c1-4-6-10-15-16(14-11-8-7-9-13(14)3)19(12-5-2)18-17(15)20/h7-9,11H,4-6,10,12H2,1-3H3,(H,18,20). The van der Waals surface area contributed by atoms with Crippen LogP contribution in [0.25, 0.3) is 11.3 Å². The fourth-order valence-corrected chi connectivity index (χ4v) is 2.58. The molecule has 0 saturated carbocycles. The minimum Gasteiger partial charge on any atom is -0.492 e. The third-order valence-corrected chi connectivity index (χ3v) is 3.65. The van der Waals surface area contributed by atoms with Gasteiger partial charge in [-0.05, 0) is 31.7 Å².